The SMILES string of the molecule is CCCCCC(C)NCc1cc(C)ccc1N. The van der Waals surface area contributed by atoms with Crippen LogP contribution in [0.2, 0.25) is 0 Å². The topological polar surface area (TPSA) is 38.0 Å². The van der Waals surface area contributed by atoms with E-state index in [1.54, 1.807) is 0 Å². The second-order valence-electron chi connectivity index (χ2n) is 4.98. The number of nitrogens with two attached hydrogens (primary N) is 1. The van der Waals surface area contributed by atoms with Crippen molar-refractivity contribution in [2.75, 3.05) is 5.73 Å². The highest BCUT2D eigenvalue weighted by molar-refractivity contribution is 5.48. The van der Waals surface area contributed by atoms with Crippen LogP contribution < -0.4 is 11.1 Å². The Morgan fingerprint density at radius 1 is 1.29 bits per heavy atom. The molecule has 0 spiro atoms. The second kappa shape index (κ2) is 7.33. The molecule has 3 N–H and O–H groups in total. The van der Waals surface area contributed by atoms with Gasteiger partial charge in [-0.25, -0.2) is 0 Å². The van der Waals surface area contributed by atoms with Crippen molar-refractivity contribution in [1.29, 1.82) is 0 Å². The molecule has 1 aromatic rings. The summed E-state index contributed by atoms with van der Waals surface area (Å²) in [4.78, 5) is 0. The molecule has 1 aromatic carbocycles. The molecule has 0 aliphatic rings. The van der Waals surface area contributed by atoms with Crippen LogP contribution in [0.15, 0.2) is 18.2 Å². The van der Waals surface area contributed by atoms with Crippen LogP contribution in [-0.4, -0.2) is 6.04 Å². The Bertz CT molecular complexity index is 334. The molecular weight excluding hydrogens is 208 g/mol. The predicted octanol–water partition coefficient (Wildman–Crippen LogP) is 3.64. The zero-order chi connectivity index (χ0) is 12.7. The van der Waals surface area contributed by atoms with Gasteiger partial charge < -0.3 is 11.1 Å². The Morgan fingerprint density at radius 2 is 2.06 bits per heavy atom. The quantitative estimate of drug-likeness (QED) is 0.558. The summed E-state index contributed by atoms with van der Waals surface area (Å²) in [6, 6.07) is 6.79. The van der Waals surface area contributed by atoms with E-state index in [0.717, 1.165) is 12.2 Å². The summed E-state index contributed by atoms with van der Waals surface area (Å²) in [5, 5.41) is 3.55. The lowest BCUT2D eigenvalue weighted by Crippen LogP contribution is -2.25. The highest BCUT2D eigenvalue weighted by atomic mass is 14.9. The van der Waals surface area contributed by atoms with E-state index < -0.39 is 0 Å². The monoisotopic (exact) mass is 234 g/mol. The van der Waals surface area contributed by atoms with Crippen LogP contribution in [0.1, 0.15) is 50.7 Å². The normalized spacial score (nSPS) is 12.6. The van der Waals surface area contributed by atoms with E-state index in [9.17, 15) is 0 Å². The van der Waals surface area contributed by atoms with Crippen LogP contribution in [0.4, 0.5) is 5.69 Å². The van der Waals surface area contributed by atoms with E-state index in [1.807, 2.05) is 6.07 Å². The number of hydrogen-bond acceptors (Lipinski definition) is 2. The standard InChI is InChI=1S/C15H26N2/c1-4-5-6-7-13(3)17-11-14-10-12(2)8-9-15(14)16/h8-10,13,17H,4-7,11,16H2,1-3H3. The Kier molecular flexibility index (Phi) is 6.06. The third-order valence-electron chi connectivity index (χ3n) is 3.18. The number of unbranched alkanes of at least 4 members (excludes halogenated alkanes) is 2. The van der Waals surface area contributed by atoms with E-state index in [2.05, 4.69) is 38.2 Å². The first-order valence-corrected chi connectivity index (χ1v) is 6.72. The highest BCUT2D eigenvalue weighted by Crippen LogP contribution is 2.14. The van der Waals surface area contributed by atoms with E-state index in [0.29, 0.717) is 6.04 Å². The number of rotatable bonds is 7. The molecule has 2 nitrogen and oxygen atoms in total. The number of aryl methyl sites for hydroxylation is 1. The first kappa shape index (κ1) is 14.0. The predicted molar refractivity (Wildman–Crippen MR) is 76.0 cm³/mol. The molecule has 0 amide bonds. The number of hydrogen-bond donors (Lipinski definition) is 2. The van der Waals surface area contributed by atoms with E-state index in [-0.39, 0.29) is 0 Å². The summed E-state index contributed by atoms with van der Waals surface area (Å²) in [7, 11) is 0. The molecule has 0 radical (unpaired) electrons. The Morgan fingerprint density at radius 3 is 2.76 bits per heavy atom. The molecule has 1 atom stereocenters. The highest BCUT2D eigenvalue weighted by Gasteiger charge is 2.03. The molecule has 0 aliphatic carbocycles. The molecule has 0 heterocycles. The molecule has 1 rings (SSSR count). The summed E-state index contributed by atoms with van der Waals surface area (Å²) in [5.74, 6) is 0. The van der Waals surface area contributed by atoms with Crippen molar-refractivity contribution in [2.24, 2.45) is 0 Å². The van der Waals surface area contributed by atoms with Gasteiger partial charge in [0.15, 0.2) is 0 Å². The maximum absolute atomic E-state index is 5.96. The molecule has 0 bridgehead atoms. The first-order valence-electron chi connectivity index (χ1n) is 6.72. The Labute approximate surface area is 106 Å². The van der Waals surface area contributed by atoms with Crippen LogP contribution in [0.5, 0.6) is 0 Å². The van der Waals surface area contributed by atoms with Crippen molar-refractivity contribution in [3.05, 3.63) is 29.3 Å². The summed E-state index contributed by atoms with van der Waals surface area (Å²) < 4.78 is 0. The van der Waals surface area contributed by atoms with Gasteiger partial charge in [-0.05, 0) is 31.9 Å². The van der Waals surface area contributed by atoms with Crippen molar-refractivity contribution in [2.45, 2.75) is 59.0 Å². The molecule has 0 fully saturated rings. The van der Waals surface area contributed by atoms with Crippen molar-refractivity contribution in [3.63, 3.8) is 0 Å². The smallest absolute Gasteiger partial charge is 0.0359 e. The average molecular weight is 234 g/mol. The van der Waals surface area contributed by atoms with Gasteiger partial charge in [-0.15, -0.1) is 0 Å². The van der Waals surface area contributed by atoms with Crippen molar-refractivity contribution < 1.29 is 0 Å². The third kappa shape index (κ3) is 5.22. The largest absolute Gasteiger partial charge is 0.398 e. The van der Waals surface area contributed by atoms with Gasteiger partial charge in [0.05, 0.1) is 0 Å². The summed E-state index contributed by atoms with van der Waals surface area (Å²) in [6.07, 6.45) is 5.18. The van der Waals surface area contributed by atoms with E-state index >= 15 is 0 Å². The van der Waals surface area contributed by atoms with Crippen LogP contribution in [0.3, 0.4) is 0 Å². The maximum atomic E-state index is 5.96. The summed E-state index contributed by atoms with van der Waals surface area (Å²) in [5.41, 5.74) is 9.34. The molecular formula is C15H26N2. The van der Waals surface area contributed by atoms with Crippen LogP contribution >= 0.6 is 0 Å². The zero-order valence-electron chi connectivity index (χ0n) is 11.4. The summed E-state index contributed by atoms with van der Waals surface area (Å²) in [6.45, 7) is 7.47. The van der Waals surface area contributed by atoms with Crippen LogP contribution in [-0.2, 0) is 6.54 Å². The maximum Gasteiger partial charge on any atom is 0.0359 e. The number of nitrogen functional groups attached to an aromatic ring is 1. The van der Waals surface area contributed by atoms with Gasteiger partial charge in [-0.2, -0.15) is 0 Å². The molecule has 0 saturated heterocycles. The van der Waals surface area contributed by atoms with E-state index in [4.69, 9.17) is 5.73 Å². The fraction of sp³-hybridized carbons (Fsp3) is 0.600. The number of benzene rings is 1. The molecule has 0 aromatic heterocycles. The Balaban J connectivity index is 2.36. The molecule has 1 unspecified atom stereocenters. The second-order valence-corrected chi connectivity index (χ2v) is 4.98. The van der Waals surface area contributed by atoms with Gasteiger partial charge in [0.25, 0.3) is 0 Å². The van der Waals surface area contributed by atoms with Gasteiger partial charge in [0.1, 0.15) is 0 Å². The molecule has 2 heteroatoms. The lowest BCUT2D eigenvalue weighted by atomic mass is 10.1. The number of anilines is 1. The lowest BCUT2D eigenvalue weighted by Gasteiger charge is -2.15. The zero-order valence-corrected chi connectivity index (χ0v) is 11.4. The Hall–Kier alpha value is -1.02. The molecule has 0 aliphatic heterocycles. The molecule has 17 heavy (non-hydrogen) atoms. The average Bonchev–Trinajstić information content (AvgIpc) is 2.31. The van der Waals surface area contributed by atoms with Gasteiger partial charge in [-0.1, -0.05) is 43.9 Å². The van der Waals surface area contributed by atoms with Crippen molar-refractivity contribution in [1.82, 2.24) is 5.32 Å². The molecule has 96 valence electrons. The fourth-order valence-electron chi connectivity index (χ4n) is 1.97. The van der Waals surface area contributed by atoms with Gasteiger partial charge in [0, 0.05) is 18.3 Å². The lowest BCUT2D eigenvalue weighted by molar-refractivity contribution is 0.487. The fourth-order valence-corrected chi connectivity index (χ4v) is 1.97. The third-order valence-corrected chi connectivity index (χ3v) is 3.18. The van der Waals surface area contributed by atoms with E-state index in [1.165, 1.54) is 36.8 Å². The minimum Gasteiger partial charge on any atom is -0.398 e. The van der Waals surface area contributed by atoms with Crippen molar-refractivity contribution >= 4 is 5.69 Å². The van der Waals surface area contributed by atoms with Gasteiger partial charge in [-0.3, -0.25) is 0 Å². The van der Waals surface area contributed by atoms with Crippen LogP contribution in [0.25, 0.3) is 0 Å². The summed E-state index contributed by atoms with van der Waals surface area (Å²) >= 11 is 0. The minimum absolute atomic E-state index is 0.571. The van der Waals surface area contributed by atoms with Crippen LogP contribution in [0, 0.1) is 6.92 Å². The minimum atomic E-state index is 0.571. The molecule has 0 saturated carbocycles. The first-order chi connectivity index (χ1) is 8.13. The van der Waals surface area contributed by atoms with Gasteiger partial charge in [0.2, 0.25) is 0 Å². The number of nitrogens with one attached hydrogen (secondary N) is 1. The van der Waals surface area contributed by atoms with Gasteiger partial charge >= 0.3 is 0 Å². The van der Waals surface area contributed by atoms with Crippen molar-refractivity contribution in [3.8, 4) is 0 Å².